The highest BCUT2D eigenvalue weighted by atomic mass is 32.2. The first-order valence-corrected chi connectivity index (χ1v) is 15.1. The molecule has 0 bridgehead atoms. The Bertz CT molecular complexity index is 857. The minimum atomic E-state index is -3.63. The molecule has 0 amide bonds. The van der Waals surface area contributed by atoms with Gasteiger partial charge in [-0.15, -0.1) is 0 Å². The van der Waals surface area contributed by atoms with Crippen molar-refractivity contribution >= 4 is 24.1 Å². The lowest BCUT2D eigenvalue weighted by Gasteiger charge is -2.43. The van der Waals surface area contributed by atoms with Crippen LogP contribution in [0, 0.1) is 18.8 Å². The van der Waals surface area contributed by atoms with Crippen molar-refractivity contribution in [2.45, 2.75) is 88.9 Å². The number of sulfonamides is 1. The van der Waals surface area contributed by atoms with Gasteiger partial charge >= 0.3 is 0 Å². The van der Waals surface area contributed by atoms with E-state index < -0.39 is 18.3 Å². The van der Waals surface area contributed by atoms with Crippen LogP contribution in [0.4, 0.5) is 0 Å². The van der Waals surface area contributed by atoms with E-state index in [1.54, 1.807) is 24.3 Å². The molecule has 0 saturated heterocycles. The molecule has 2 aliphatic carbocycles. The largest absolute Gasteiger partial charge is 0.414 e. The third-order valence-electron chi connectivity index (χ3n) is 7.05. The first-order chi connectivity index (χ1) is 13.4. The molecule has 0 spiro atoms. The van der Waals surface area contributed by atoms with E-state index in [9.17, 15) is 8.42 Å². The van der Waals surface area contributed by atoms with E-state index in [2.05, 4.69) is 43.8 Å². The molecule has 1 aromatic rings. The number of nitrogens with one attached hydrogen (secondary N) is 1. The normalized spacial score (nSPS) is 27.1. The number of fused-ring (bicyclic) bond motifs is 1. The fourth-order valence-corrected chi connectivity index (χ4v) is 6.50. The number of hydrogen-bond acceptors (Lipinski definition) is 4. The van der Waals surface area contributed by atoms with Crippen molar-refractivity contribution in [1.29, 1.82) is 0 Å². The molecule has 29 heavy (non-hydrogen) atoms. The maximum atomic E-state index is 12.6. The monoisotopic (exact) mass is 436 g/mol. The summed E-state index contributed by atoms with van der Waals surface area (Å²) >= 11 is 0. The molecule has 0 aromatic heterocycles. The van der Waals surface area contributed by atoms with Gasteiger partial charge in [0.1, 0.15) is 0 Å². The predicted octanol–water partition coefficient (Wildman–Crippen LogP) is 5.23. The van der Waals surface area contributed by atoms with Gasteiger partial charge in [0.15, 0.2) is 8.32 Å². The maximum absolute atomic E-state index is 12.6. The van der Waals surface area contributed by atoms with Gasteiger partial charge in [-0.25, -0.2) is 4.83 Å². The molecular formula is C22H36N2O3SSi. The number of rotatable bonds is 5. The van der Waals surface area contributed by atoms with Crippen LogP contribution < -0.4 is 4.83 Å². The van der Waals surface area contributed by atoms with Crippen molar-refractivity contribution in [2.75, 3.05) is 0 Å². The number of nitrogens with zero attached hydrogens (tertiary/aromatic N) is 1. The predicted molar refractivity (Wildman–Crippen MR) is 121 cm³/mol. The third kappa shape index (κ3) is 4.94. The average Bonchev–Trinajstić information content (AvgIpc) is 3.03. The highest BCUT2D eigenvalue weighted by Gasteiger charge is 2.46. The summed E-state index contributed by atoms with van der Waals surface area (Å²) in [6, 6.07) is 6.85. The van der Waals surface area contributed by atoms with Crippen molar-refractivity contribution in [1.82, 2.24) is 4.83 Å². The van der Waals surface area contributed by atoms with E-state index in [-0.39, 0.29) is 16.0 Å². The van der Waals surface area contributed by atoms with Gasteiger partial charge in [-0.3, -0.25) is 0 Å². The van der Waals surface area contributed by atoms with E-state index in [4.69, 9.17) is 4.43 Å². The fraction of sp³-hybridized carbons (Fsp3) is 0.682. The second kappa shape index (κ2) is 8.15. The molecular weight excluding hydrogens is 400 g/mol. The second-order valence-electron chi connectivity index (χ2n) is 10.2. The number of hydrazone groups is 1. The molecule has 1 aromatic carbocycles. The zero-order valence-electron chi connectivity index (χ0n) is 18.7. The van der Waals surface area contributed by atoms with Gasteiger partial charge in [-0.1, -0.05) is 44.9 Å². The molecule has 5 nitrogen and oxygen atoms in total. The van der Waals surface area contributed by atoms with Crippen LogP contribution in [-0.4, -0.2) is 28.6 Å². The van der Waals surface area contributed by atoms with Crippen molar-refractivity contribution in [3.8, 4) is 0 Å². The van der Waals surface area contributed by atoms with Gasteiger partial charge in [0.05, 0.1) is 4.90 Å². The topological polar surface area (TPSA) is 67.8 Å². The van der Waals surface area contributed by atoms with Gasteiger partial charge in [-0.2, -0.15) is 13.5 Å². The standard InChI is InChI=1S/C22H36N2O3SSi/c1-16-10-12-17(13-11-16)28(25,26)24-23-20-15-14-19-18(20)8-7-9-21(19)27-29(5,6)22(2,3)4/h10-13,18-19,21,24H,7-9,14-15H2,1-6H3/b23-20-. The molecule has 2 aliphatic rings. The van der Waals surface area contributed by atoms with E-state index >= 15 is 0 Å². The summed E-state index contributed by atoms with van der Waals surface area (Å²) in [5.74, 6) is 0.791. The molecule has 0 heterocycles. The van der Waals surface area contributed by atoms with Crippen LogP contribution in [-0.2, 0) is 14.4 Å². The van der Waals surface area contributed by atoms with Gasteiger partial charge in [-0.05, 0) is 68.8 Å². The van der Waals surface area contributed by atoms with Gasteiger partial charge in [0.25, 0.3) is 10.0 Å². The summed E-state index contributed by atoms with van der Waals surface area (Å²) < 4.78 is 31.9. The van der Waals surface area contributed by atoms with Crippen LogP contribution in [0.25, 0.3) is 0 Å². The lowest BCUT2D eigenvalue weighted by Crippen LogP contribution is -2.47. The van der Waals surface area contributed by atoms with E-state index in [1.807, 2.05) is 6.92 Å². The van der Waals surface area contributed by atoms with Crippen molar-refractivity contribution < 1.29 is 12.8 Å². The van der Waals surface area contributed by atoms with E-state index in [0.29, 0.717) is 11.8 Å². The maximum Gasteiger partial charge on any atom is 0.276 e. The molecule has 3 atom stereocenters. The summed E-state index contributed by atoms with van der Waals surface area (Å²) in [6.45, 7) is 13.4. The minimum Gasteiger partial charge on any atom is -0.414 e. The lowest BCUT2D eigenvalue weighted by molar-refractivity contribution is 0.0670. The zero-order chi connectivity index (χ0) is 21.4. The number of benzene rings is 1. The first kappa shape index (κ1) is 22.5. The van der Waals surface area contributed by atoms with Crippen LogP contribution in [0.3, 0.4) is 0 Å². The van der Waals surface area contributed by atoms with Gasteiger partial charge < -0.3 is 4.43 Å². The Labute approximate surface area is 177 Å². The minimum absolute atomic E-state index is 0.194. The summed E-state index contributed by atoms with van der Waals surface area (Å²) in [5.41, 5.74) is 2.03. The third-order valence-corrected chi connectivity index (χ3v) is 12.8. The number of aryl methyl sites for hydroxylation is 1. The van der Waals surface area contributed by atoms with Crippen molar-refractivity contribution in [3.05, 3.63) is 29.8 Å². The Morgan fingerprint density at radius 3 is 2.38 bits per heavy atom. The molecule has 3 unspecified atom stereocenters. The Morgan fingerprint density at radius 2 is 1.76 bits per heavy atom. The highest BCUT2D eigenvalue weighted by molar-refractivity contribution is 7.89. The Hall–Kier alpha value is -1.18. The van der Waals surface area contributed by atoms with Gasteiger partial charge in [0, 0.05) is 17.7 Å². The van der Waals surface area contributed by atoms with Crippen LogP contribution in [0.1, 0.15) is 58.4 Å². The summed E-state index contributed by atoms with van der Waals surface area (Å²) in [7, 11) is -5.45. The fourth-order valence-electron chi connectivity index (χ4n) is 4.26. The van der Waals surface area contributed by atoms with Crippen LogP contribution in [0.2, 0.25) is 18.1 Å². The molecule has 3 rings (SSSR count). The SMILES string of the molecule is Cc1ccc(S(=O)(=O)N/N=C2/CCC3C(O[Si](C)(C)C(C)(C)C)CCCC23)cc1. The molecule has 2 saturated carbocycles. The first-order valence-electron chi connectivity index (χ1n) is 10.7. The molecule has 1 N–H and O–H groups in total. The zero-order valence-corrected chi connectivity index (χ0v) is 20.5. The van der Waals surface area contributed by atoms with Crippen molar-refractivity contribution in [3.63, 3.8) is 0 Å². The van der Waals surface area contributed by atoms with E-state index in [1.165, 1.54) is 0 Å². The molecule has 0 radical (unpaired) electrons. The molecule has 7 heteroatoms. The second-order valence-corrected chi connectivity index (χ2v) is 16.6. The quantitative estimate of drug-likeness (QED) is 0.507. The summed E-state index contributed by atoms with van der Waals surface area (Å²) in [6.07, 6.45) is 5.46. The molecule has 2 fully saturated rings. The Morgan fingerprint density at radius 1 is 1.10 bits per heavy atom. The average molecular weight is 437 g/mol. The van der Waals surface area contributed by atoms with E-state index in [0.717, 1.165) is 43.4 Å². The number of hydrogen-bond donors (Lipinski definition) is 1. The Kier molecular flexibility index (Phi) is 6.33. The van der Waals surface area contributed by atoms with Crippen LogP contribution in [0.15, 0.2) is 34.3 Å². The van der Waals surface area contributed by atoms with Crippen LogP contribution in [0.5, 0.6) is 0 Å². The summed E-state index contributed by atoms with van der Waals surface area (Å²) in [5, 5.41) is 4.59. The lowest BCUT2D eigenvalue weighted by atomic mass is 9.79. The highest BCUT2D eigenvalue weighted by Crippen LogP contribution is 2.46. The van der Waals surface area contributed by atoms with Crippen molar-refractivity contribution in [2.24, 2.45) is 16.9 Å². The van der Waals surface area contributed by atoms with Gasteiger partial charge in [0.2, 0.25) is 0 Å². The molecule has 0 aliphatic heterocycles. The Balaban J connectivity index is 1.71. The molecule has 162 valence electrons. The van der Waals surface area contributed by atoms with Crippen LogP contribution >= 0.6 is 0 Å². The summed E-state index contributed by atoms with van der Waals surface area (Å²) in [4.78, 5) is 2.74. The smallest absolute Gasteiger partial charge is 0.276 e.